The summed E-state index contributed by atoms with van der Waals surface area (Å²) in [6.07, 6.45) is 0. The van der Waals surface area contributed by atoms with Gasteiger partial charge < -0.3 is 0 Å². The summed E-state index contributed by atoms with van der Waals surface area (Å²) in [5.41, 5.74) is 17.0. The minimum atomic E-state index is -0.124. The third kappa shape index (κ3) is 4.92. The van der Waals surface area contributed by atoms with Crippen LogP contribution in [0.1, 0.15) is 25.0 Å². The van der Waals surface area contributed by atoms with E-state index in [9.17, 15) is 0 Å². The first-order valence-electron chi connectivity index (χ1n) is 19.5. The molecule has 0 unspecified atom stereocenters. The van der Waals surface area contributed by atoms with E-state index >= 15 is 0 Å². The molecular formula is C54H38N2. The lowest BCUT2D eigenvalue weighted by molar-refractivity contribution is 0.661. The molecule has 56 heavy (non-hydrogen) atoms. The molecule has 11 rings (SSSR count). The highest BCUT2D eigenvalue weighted by atomic mass is 15.1. The van der Waals surface area contributed by atoms with E-state index in [2.05, 4.69) is 213 Å². The molecule has 1 aliphatic rings. The second-order valence-corrected chi connectivity index (χ2v) is 15.5. The highest BCUT2D eigenvalue weighted by molar-refractivity contribution is 6.22. The van der Waals surface area contributed by atoms with Crippen LogP contribution in [0.5, 0.6) is 0 Å². The molecule has 0 saturated heterocycles. The SMILES string of the molecule is CC1(C)c2ccccc2-c2cc3c(-c4ccc(-c5ccccc5)cc4)c4ccccc4c(-c4ccc(-c5nc6ccccc6n5-c5ccccc5)cc4)c3cc21. The first-order valence-corrected chi connectivity index (χ1v) is 19.5. The van der Waals surface area contributed by atoms with Crippen molar-refractivity contribution in [3.63, 3.8) is 0 Å². The fraction of sp³-hybridized carbons (Fsp3) is 0.0556. The highest BCUT2D eigenvalue weighted by Gasteiger charge is 2.36. The molecule has 0 N–H and O–H groups in total. The molecule has 10 aromatic rings. The Balaban J connectivity index is 1.15. The zero-order valence-electron chi connectivity index (χ0n) is 31.4. The first-order chi connectivity index (χ1) is 27.5. The van der Waals surface area contributed by atoms with Gasteiger partial charge in [-0.1, -0.05) is 172 Å². The van der Waals surface area contributed by atoms with Gasteiger partial charge in [0, 0.05) is 16.7 Å². The van der Waals surface area contributed by atoms with Crippen molar-refractivity contribution in [1.82, 2.24) is 9.55 Å². The van der Waals surface area contributed by atoms with Gasteiger partial charge in [0.2, 0.25) is 0 Å². The molecule has 0 amide bonds. The van der Waals surface area contributed by atoms with E-state index < -0.39 is 0 Å². The topological polar surface area (TPSA) is 17.8 Å². The van der Waals surface area contributed by atoms with Crippen molar-refractivity contribution < 1.29 is 0 Å². The number of hydrogen-bond acceptors (Lipinski definition) is 1. The fourth-order valence-corrected chi connectivity index (χ4v) is 9.30. The van der Waals surface area contributed by atoms with Crippen LogP contribution < -0.4 is 0 Å². The Hall–Kier alpha value is -7.03. The molecule has 0 atom stereocenters. The summed E-state index contributed by atoms with van der Waals surface area (Å²) in [6.45, 7) is 4.75. The Morgan fingerprint density at radius 2 is 0.911 bits per heavy atom. The molecule has 0 aliphatic heterocycles. The van der Waals surface area contributed by atoms with E-state index in [1.807, 2.05) is 0 Å². The van der Waals surface area contributed by atoms with E-state index in [-0.39, 0.29) is 5.41 Å². The Morgan fingerprint density at radius 1 is 0.393 bits per heavy atom. The zero-order valence-corrected chi connectivity index (χ0v) is 31.4. The summed E-state index contributed by atoms with van der Waals surface area (Å²) < 4.78 is 2.27. The van der Waals surface area contributed by atoms with Crippen LogP contribution in [-0.4, -0.2) is 9.55 Å². The third-order valence-corrected chi connectivity index (χ3v) is 12.0. The quantitative estimate of drug-likeness (QED) is 0.162. The summed E-state index contributed by atoms with van der Waals surface area (Å²) in [7, 11) is 0. The number of imidazole rings is 1. The van der Waals surface area contributed by atoms with Crippen molar-refractivity contribution in [2.45, 2.75) is 19.3 Å². The fourth-order valence-electron chi connectivity index (χ4n) is 9.30. The van der Waals surface area contributed by atoms with Crippen molar-refractivity contribution >= 4 is 32.6 Å². The van der Waals surface area contributed by atoms with Crippen LogP contribution in [0.25, 0.3) is 94.2 Å². The minimum absolute atomic E-state index is 0.124. The normalized spacial score (nSPS) is 13.0. The van der Waals surface area contributed by atoms with Crippen molar-refractivity contribution in [3.05, 3.63) is 205 Å². The molecule has 0 saturated carbocycles. The van der Waals surface area contributed by atoms with Crippen molar-refractivity contribution in [3.8, 4) is 61.6 Å². The second-order valence-electron chi connectivity index (χ2n) is 15.5. The summed E-state index contributed by atoms with van der Waals surface area (Å²) in [5.74, 6) is 0.935. The number of benzene rings is 9. The number of rotatable bonds is 5. The Kier molecular flexibility index (Phi) is 7.24. The Bertz CT molecular complexity index is 3120. The smallest absolute Gasteiger partial charge is 0.145 e. The van der Waals surface area contributed by atoms with Crippen molar-refractivity contribution in [2.24, 2.45) is 0 Å². The van der Waals surface area contributed by atoms with Gasteiger partial charge in [0.25, 0.3) is 0 Å². The summed E-state index contributed by atoms with van der Waals surface area (Å²) >= 11 is 0. The molecule has 0 bridgehead atoms. The van der Waals surface area contributed by atoms with E-state index in [0.717, 1.165) is 28.1 Å². The lowest BCUT2D eigenvalue weighted by atomic mass is 9.79. The molecule has 2 heteroatoms. The maximum absolute atomic E-state index is 5.17. The summed E-state index contributed by atoms with van der Waals surface area (Å²) in [4.78, 5) is 5.17. The summed E-state index contributed by atoms with van der Waals surface area (Å²) in [6, 6.07) is 70.8. The van der Waals surface area contributed by atoms with E-state index in [4.69, 9.17) is 4.98 Å². The third-order valence-electron chi connectivity index (χ3n) is 12.0. The van der Waals surface area contributed by atoms with Crippen LogP contribution in [-0.2, 0) is 5.41 Å². The number of aromatic nitrogens is 2. The second kappa shape index (κ2) is 12.5. The molecule has 1 heterocycles. The van der Waals surface area contributed by atoms with Crippen LogP contribution in [0.4, 0.5) is 0 Å². The molecule has 0 spiro atoms. The van der Waals surface area contributed by atoms with Crippen LogP contribution in [0.15, 0.2) is 194 Å². The maximum Gasteiger partial charge on any atom is 0.145 e. The van der Waals surface area contributed by atoms with Crippen molar-refractivity contribution in [2.75, 3.05) is 0 Å². The number of fused-ring (bicyclic) bond motifs is 6. The van der Waals surface area contributed by atoms with E-state index in [1.54, 1.807) is 0 Å². The Labute approximate surface area is 327 Å². The maximum atomic E-state index is 5.17. The largest absolute Gasteiger partial charge is 0.292 e. The number of hydrogen-bond donors (Lipinski definition) is 0. The summed E-state index contributed by atoms with van der Waals surface area (Å²) in [5, 5.41) is 5.05. The molecular weight excluding hydrogens is 677 g/mol. The predicted molar refractivity (Wildman–Crippen MR) is 235 cm³/mol. The standard InChI is InChI=1S/C54H38N2/c1-54(2)47-22-12-11-19-41(47)44-33-45-46(34-48(44)54)52(43-21-10-9-20-42(43)51(45)37-27-25-36(26-28-37)35-15-5-3-6-16-35)38-29-31-39(32-30-38)53-55-49-23-13-14-24-50(49)56(53)40-17-7-4-8-18-40/h3-34H,1-2H3. The number of nitrogens with zero attached hydrogens (tertiary/aromatic N) is 2. The molecule has 264 valence electrons. The highest BCUT2D eigenvalue weighted by Crippen LogP contribution is 2.53. The van der Waals surface area contributed by atoms with Gasteiger partial charge in [-0.2, -0.15) is 0 Å². The van der Waals surface area contributed by atoms with Crippen LogP contribution in [0.2, 0.25) is 0 Å². The van der Waals surface area contributed by atoms with Gasteiger partial charge in [-0.15, -0.1) is 0 Å². The molecule has 1 aromatic heterocycles. The lowest BCUT2D eigenvalue weighted by Gasteiger charge is -2.24. The number of para-hydroxylation sites is 3. The zero-order chi connectivity index (χ0) is 37.4. The van der Waals surface area contributed by atoms with Gasteiger partial charge in [-0.3, -0.25) is 4.57 Å². The van der Waals surface area contributed by atoms with Crippen LogP contribution >= 0.6 is 0 Å². The van der Waals surface area contributed by atoms with Crippen LogP contribution in [0.3, 0.4) is 0 Å². The molecule has 0 fully saturated rings. The predicted octanol–water partition coefficient (Wildman–Crippen LogP) is 14.3. The van der Waals surface area contributed by atoms with Gasteiger partial charge in [0.05, 0.1) is 11.0 Å². The average Bonchev–Trinajstić information content (AvgIpc) is 3.75. The monoisotopic (exact) mass is 714 g/mol. The molecule has 1 aliphatic carbocycles. The molecule has 2 nitrogen and oxygen atoms in total. The van der Waals surface area contributed by atoms with Gasteiger partial charge in [-0.05, 0) is 114 Å². The minimum Gasteiger partial charge on any atom is -0.292 e. The average molecular weight is 715 g/mol. The molecule has 9 aromatic carbocycles. The van der Waals surface area contributed by atoms with Gasteiger partial charge in [0.1, 0.15) is 5.82 Å². The van der Waals surface area contributed by atoms with Gasteiger partial charge in [-0.25, -0.2) is 4.98 Å². The van der Waals surface area contributed by atoms with Gasteiger partial charge in [0.15, 0.2) is 0 Å². The lowest BCUT2D eigenvalue weighted by Crippen LogP contribution is -2.14. The Morgan fingerprint density at radius 3 is 1.61 bits per heavy atom. The van der Waals surface area contributed by atoms with E-state index in [0.29, 0.717) is 0 Å². The first kappa shape index (κ1) is 32.4. The van der Waals surface area contributed by atoms with Crippen LogP contribution in [0, 0.1) is 0 Å². The van der Waals surface area contributed by atoms with Crippen molar-refractivity contribution in [1.29, 1.82) is 0 Å². The van der Waals surface area contributed by atoms with E-state index in [1.165, 1.54) is 77.2 Å². The molecule has 0 radical (unpaired) electrons. The van der Waals surface area contributed by atoms with Gasteiger partial charge >= 0.3 is 0 Å².